The van der Waals surface area contributed by atoms with Gasteiger partial charge < -0.3 is 10.6 Å². The molecule has 6 heteroatoms. The van der Waals surface area contributed by atoms with Crippen LogP contribution >= 0.6 is 0 Å². The standard InChI is InChI=1S/C19H29N3O3/c1-14(18(20)16-7-3-2-4-8-16)19(24)22-12-10-15(11-13-22)6-5-9-17(23)21-25/h2-4,7-8,14-15,18,25H,5-6,9-13,20H2,1H3,(H,21,23)/t14-,18-/m1/s1. The number of rotatable bonds is 7. The minimum absolute atomic E-state index is 0.120. The van der Waals surface area contributed by atoms with Gasteiger partial charge in [0.2, 0.25) is 11.8 Å². The van der Waals surface area contributed by atoms with Crippen LogP contribution < -0.4 is 11.2 Å². The Morgan fingerprint density at radius 2 is 1.92 bits per heavy atom. The zero-order valence-corrected chi connectivity index (χ0v) is 14.9. The van der Waals surface area contributed by atoms with Crippen LogP contribution in [0.1, 0.15) is 50.6 Å². The van der Waals surface area contributed by atoms with Gasteiger partial charge in [-0.1, -0.05) is 37.3 Å². The second-order valence-corrected chi connectivity index (χ2v) is 6.92. The van der Waals surface area contributed by atoms with E-state index >= 15 is 0 Å². The summed E-state index contributed by atoms with van der Waals surface area (Å²) in [5, 5.41) is 8.49. The predicted octanol–water partition coefficient (Wildman–Crippen LogP) is 2.24. The Morgan fingerprint density at radius 3 is 2.52 bits per heavy atom. The van der Waals surface area contributed by atoms with Gasteiger partial charge in [0.25, 0.3) is 0 Å². The van der Waals surface area contributed by atoms with Crippen molar-refractivity contribution in [2.24, 2.45) is 17.6 Å². The van der Waals surface area contributed by atoms with Crippen LogP contribution in [0.3, 0.4) is 0 Å². The molecule has 2 atom stereocenters. The Bertz CT molecular complexity index is 556. The van der Waals surface area contributed by atoms with Crippen LogP contribution in [0, 0.1) is 11.8 Å². The van der Waals surface area contributed by atoms with E-state index in [1.807, 2.05) is 42.2 Å². The quantitative estimate of drug-likeness (QED) is 0.521. The molecule has 138 valence electrons. The lowest BCUT2D eigenvalue weighted by Gasteiger charge is -2.35. The average molecular weight is 347 g/mol. The van der Waals surface area contributed by atoms with Gasteiger partial charge in [0.05, 0.1) is 5.92 Å². The number of nitrogens with one attached hydrogen (secondary N) is 1. The number of benzene rings is 1. The second-order valence-electron chi connectivity index (χ2n) is 6.92. The molecule has 0 aliphatic carbocycles. The highest BCUT2D eigenvalue weighted by Crippen LogP contribution is 2.26. The predicted molar refractivity (Wildman–Crippen MR) is 95.6 cm³/mol. The highest BCUT2D eigenvalue weighted by Gasteiger charge is 2.29. The van der Waals surface area contributed by atoms with Crippen molar-refractivity contribution in [1.29, 1.82) is 0 Å². The SMILES string of the molecule is C[C@@H](C(=O)N1CCC(CCCC(=O)NO)CC1)[C@@H](N)c1ccccc1. The molecule has 0 aromatic heterocycles. The van der Waals surface area contributed by atoms with Crippen LogP contribution in [-0.4, -0.2) is 35.0 Å². The van der Waals surface area contributed by atoms with E-state index in [9.17, 15) is 9.59 Å². The maximum Gasteiger partial charge on any atom is 0.243 e. The topological polar surface area (TPSA) is 95.7 Å². The molecule has 1 aliphatic rings. The molecule has 2 rings (SSSR count). The average Bonchev–Trinajstić information content (AvgIpc) is 2.67. The van der Waals surface area contributed by atoms with E-state index in [0.29, 0.717) is 12.3 Å². The Morgan fingerprint density at radius 1 is 1.28 bits per heavy atom. The highest BCUT2D eigenvalue weighted by atomic mass is 16.5. The summed E-state index contributed by atoms with van der Waals surface area (Å²) in [5.74, 6) is 0.0756. The van der Waals surface area contributed by atoms with Crippen molar-refractivity contribution in [3.8, 4) is 0 Å². The maximum atomic E-state index is 12.7. The van der Waals surface area contributed by atoms with Crippen LogP contribution in [0.4, 0.5) is 0 Å². The van der Waals surface area contributed by atoms with Crippen LogP contribution in [0.2, 0.25) is 0 Å². The number of hydrogen-bond donors (Lipinski definition) is 3. The van der Waals surface area contributed by atoms with E-state index in [2.05, 4.69) is 0 Å². The molecule has 2 amide bonds. The summed E-state index contributed by atoms with van der Waals surface area (Å²) in [6.07, 6.45) is 3.98. The largest absolute Gasteiger partial charge is 0.342 e. The molecule has 0 bridgehead atoms. The summed E-state index contributed by atoms with van der Waals surface area (Å²) in [4.78, 5) is 25.7. The Hall–Kier alpha value is -1.92. The van der Waals surface area contributed by atoms with Gasteiger partial charge in [-0.05, 0) is 37.2 Å². The number of carbonyl (C=O) groups excluding carboxylic acids is 2. The molecular weight excluding hydrogens is 318 g/mol. The lowest BCUT2D eigenvalue weighted by Crippen LogP contribution is -2.43. The van der Waals surface area contributed by atoms with Crippen LogP contribution in [-0.2, 0) is 9.59 Å². The third kappa shape index (κ3) is 5.54. The first-order chi connectivity index (χ1) is 12.0. The van der Waals surface area contributed by atoms with Crippen molar-refractivity contribution in [3.05, 3.63) is 35.9 Å². The number of hydroxylamine groups is 1. The lowest BCUT2D eigenvalue weighted by atomic mass is 9.89. The third-order valence-corrected chi connectivity index (χ3v) is 5.18. The molecule has 0 spiro atoms. The molecule has 1 aromatic rings. The summed E-state index contributed by atoms with van der Waals surface area (Å²) >= 11 is 0. The number of amides is 2. The van der Waals surface area contributed by atoms with Crippen LogP contribution in [0.5, 0.6) is 0 Å². The van der Waals surface area contributed by atoms with Gasteiger partial charge in [-0.15, -0.1) is 0 Å². The molecule has 1 aromatic carbocycles. The van der Waals surface area contributed by atoms with Gasteiger partial charge in [0.15, 0.2) is 0 Å². The molecule has 0 saturated carbocycles. The third-order valence-electron chi connectivity index (χ3n) is 5.18. The van der Waals surface area contributed by atoms with E-state index in [1.54, 1.807) is 5.48 Å². The van der Waals surface area contributed by atoms with E-state index in [0.717, 1.165) is 44.3 Å². The smallest absolute Gasteiger partial charge is 0.243 e. The lowest BCUT2D eigenvalue weighted by molar-refractivity contribution is -0.137. The molecule has 1 saturated heterocycles. The van der Waals surface area contributed by atoms with E-state index in [1.165, 1.54) is 0 Å². The van der Waals surface area contributed by atoms with Gasteiger partial charge in [0, 0.05) is 25.6 Å². The minimum atomic E-state index is -0.337. The van der Waals surface area contributed by atoms with Crippen molar-refractivity contribution < 1.29 is 14.8 Å². The molecule has 1 heterocycles. The van der Waals surface area contributed by atoms with Crippen LogP contribution in [0.15, 0.2) is 30.3 Å². The second kappa shape index (κ2) is 9.53. The number of piperidine rings is 1. The Labute approximate surface area is 149 Å². The first kappa shape index (κ1) is 19.4. The maximum absolute atomic E-state index is 12.7. The van der Waals surface area contributed by atoms with Crippen molar-refractivity contribution in [2.75, 3.05) is 13.1 Å². The van der Waals surface area contributed by atoms with Gasteiger partial charge in [-0.25, -0.2) is 5.48 Å². The number of carbonyl (C=O) groups is 2. The molecular formula is C19H29N3O3. The van der Waals surface area contributed by atoms with Crippen molar-refractivity contribution >= 4 is 11.8 Å². The minimum Gasteiger partial charge on any atom is -0.342 e. The molecule has 6 nitrogen and oxygen atoms in total. The fraction of sp³-hybridized carbons (Fsp3) is 0.579. The normalized spacial score (nSPS) is 17.8. The monoisotopic (exact) mass is 347 g/mol. The fourth-order valence-electron chi connectivity index (χ4n) is 3.45. The summed E-state index contributed by atoms with van der Waals surface area (Å²) < 4.78 is 0. The van der Waals surface area contributed by atoms with Gasteiger partial charge >= 0.3 is 0 Å². The van der Waals surface area contributed by atoms with Gasteiger partial charge in [-0.3, -0.25) is 14.8 Å². The fourth-order valence-corrected chi connectivity index (χ4v) is 3.45. The number of nitrogens with two attached hydrogens (primary N) is 1. The first-order valence-corrected chi connectivity index (χ1v) is 9.05. The first-order valence-electron chi connectivity index (χ1n) is 9.05. The van der Waals surface area contributed by atoms with Crippen molar-refractivity contribution in [2.45, 2.75) is 45.1 Å². The number of likely N-dealkylation sites (tertiary alicyclic amines) is 1. The summed E-state index contributed by atoms with van der Waals surface area (Å²) in [7, 11) is 0. The number of nitrogens with zero attached hydrogens (tertiary/aromatic N) is 1. The zero-order valence-electron chi connectivity index (χ0n) is 14.9. The van der Waals surface area contributed by atoms with E-state index < -0.39 is 0 Å². The zero-order chi connectivity index (χ0) is 18.2. The molecule has 1 aliphatic heterocycles. The van der Waals surface area contributed by atoms with E-state index in [4.69, 9.17) is 10.9 Å². The van der Waals surface area contributed by atoms with Gasteiger partial charge in [0.1, 0.15) is 0 Å². The highest BCUT2D eigenvalue weighted by molar-refractivity contribution is 5.79. The molecule has 1 fully saturated rings. The van der Waals surface area contributed by atoms with Gasteiger partial charge in [-0.2, -0.15) is 0 Å². The summed E-state index contributed by atoms with van der Waals surface area (Å²) in [6, 6.07) is 9.46. The molecule has 25 heavy (non-hydrogen) atoms. The summed E-state index contributed by atoms with van der Waals surface area (Å²) in [5.41, 5.74) is 8.92. The van der Waals surface area contributed by atoms with E-state index in [-0.39, 0.29) is 23.8 Å². The Balaban J connectivity index is 1.77. The van der Waals surface area contributed by atoms with Crippen molar-refractivity contribution in [3.63, 3.8) is 0 Å². The Kier molecular flexibility index (Phi) is 7.40. The van der Waals surface area contributed by atoms with Crippen LogP contribution in [0.25, 0.3) is 0 Å². The number of hydrogen-bond acceptors (Lipinski definition) is 4. The molecule has 0 radical (unpaired) electrons. The summed E-state index contributed by atoms with van der Waals surface area (Å²) in [6.45, 7) is 3.41. The van der Waals surface area contributed by atoms with Crippen molar-refractivity contribution in [1.82, 2.24) is 10.4 Å². The molecule has 4 N–H and O–H groups in total. The molecule has 0 unspecified atom stereocenters.